The van der Waals surface area contributed by atoms with Crippen LogP contribution in [-0.2, 0) is 4.79 Å². The number of rotatable bonds is 5. The molecule has 1 N–H and O–H groups in total. The average Bonchev–Trinajstić information content (AvgIpc) is 3.06. The summed E-state index contributed by atoms with van der Waals surface area (Å²) in [6.45, 7) is 1.80. The van der Waals surface area contributed by atoms with E-state index in [1.165, 1.54) is 12.1 Å². The Hall–Kier alpha value is -2.67. The molecule has 0 bridgehead atoms. The number of anilines is 1. The van der Waals surface area contributed by atoms with Gasteiger partial charge in [-0.1, -0.05) is 36.0 Å². The number of aromatic nitrogens is 2. The van der Waals surface area contributed by atoms with Crippen molar-refractivity contribution in [1.82, 2.24) is 10.2 Å². The van der Waals surface area contributed by atoms with E-state index in [1.807, 2.05) is 30.3 Å². The molecule has 2 aromatic carbocycles. The Morgan fingerprint density at radius 2 is 2.00 bits per heavy atom. The molecule has 0 aliphatic carbocycles. The molecule has 0 fully saturated rings. The van der Waals surface area contributed by atoms with Crippen LogP contribution in [0.2, 0.25) is 0 Å². The molecule has 1 amide bonds. The fourth-order valence-corrected chi connectivity index (χ4v) is 2.57. The summed E-state index contributed by atoms with van der Waals surface area (Å²) in [4.78, 5) is 12.0. The second kappa shape index (κ2) is 7.27. The molecule has 0 spiro atoms. The summed E-state index contributed by atoms with van der Waals surface area (Å²) in [6, 6.07) is 13.6. The molecule has 1 aromatic heterocycles. The Labute approximate surface area is 142 Å². The maximum Gasteiger partial charge on any atom is 0.277 e. The van der Waals surface area contributed by atoms with Gasteiger partial charge < -0.3 is 9.73 Å². The lowest BCUT2D eigenvalue weighted by Gasteiger charge is -2.07. The van der Waals surface area contributed by atoms with E-state index < -0.39 is 5.82 Å². The molecule has 3 rings (SSSR count). The van der Waals surface area contributed by atoms with Crippen molar-refractivity contribution in [1.29, 1.82) is 0 Å². The molecule has 122 valence electrons. The minimum Gasteiger partial charge on any atom is -0.411 e. The smallest absolute Gasteiger partial charge is 0.277 e. The third-order valence-corrected chi connectivity index (χ3v) is 4.05. The van der Waals surface area contributed by atoms with Gasteiger partial charge in [-0.2, -0.15) is 0 Å². The number of carbonyl (C=O) groups is 1. The molecule has 3 aromatic rings. The highest BCUT2D eigenvalue weighted by Gasteiger charge is 2.12. The Morgan fingerprint density at radius 1 is 1.21 bits per heavy atom. The topological polar surface area (TPSA) is 68.0 Å². The predicted octanol–water partition coefficient (Wildman–Crippen LogP) is 3.91. The molecule has 0 unspecified atom stereocenters. The number of carbonyl (C=O) groups excluding carboxylic acids is 1. The number of halogens is 1. The maximum atomic E-state index is 13.2. The van der Waals surface area contributed by atoms with Gasteiger partial charge in [0.1, 0.15) is 5.82 Å². The maximum absolute atomic E-state index is 13.2. The van der Waals surface area contributed by atoms with E-state index in [4.69, 9.17) is 4.42 Å². The van der Waals surface area contributed by atoms with Crippen molar-refractivity contribution in [2.75, 3.05) is 11.1 Å². The number of nitrogens with zero attached hydrogens (tertiary/aromatic N) is 2. The second-order valence-corrected chi connectivity index (χ2v) is 5.96. The number of benzene rings is 2. The molecule has 0 saturated heterocycles. The first-order valence-corrected chi connectivity index (χ1v) is 8.18. The van der Waals surface area contributed by atoms with Gasteiger partial charge in [-0.15, -0.1) is 10.2 Å². The molecule has 0 saturated carbocycles. The molecular formula is C17H14FN3O2S. The minimum atomic E-state index is -0.395. The standard InChI is InChI=1S/C17H14FN3O2S/c1-11-7-8-13(18)9-14(11)19-15(22)10-24-17-21-20-16(23-17)12-5-3-2-4-6-12/h2-9H,10H2,1H3,(H,19,22). The van der Waals surface area contributed by atoms with Gasteiger partial charge in [-0.05, 0) is 36.8 Å². The monoisotopic (exact) mass is 343 g/mol. The number of amides is 1. The van der Waals surface area contributed by atoms with Crippen molar-refractivity contribution in [3.8, 4) is 11.5 Å². The van der Waals surface area contributed by atoms with Crippen LogP contribution in [0.25, 0.3) is 11.5 Å². The van der Waals surface area contributed by atoms with Gasteiger partial charge in [0, 0.05) is 11.3 Å². The van der Waals surface area contributed by atoms with Crippen molar-refractivity contribution in [2.24, 2.45) is 0 Å². The number of hydrogen-bond acceptors (Lipinski definition) is 5. The Bertz CT molecular complexity index is 852. The van der Waals surface area contributed by atoms with E-state index in [-0.39, 0.29) is 11.7 Å². The first-order chi connectivity index (χ1) is 11.6. The molecule has 24 heavy (non-hydrogen) atoms. The fourth-order valence-electron chi connectivity index (χ4n) is 2.01. The van der Waals surface area contributed by atoms with Gasteiger partial charge in [0.15, 0.2) is 0 Å². The third-order valence-electron chi connectivity index (χ3n) is 3.23. The number of thioether (sulfide) groups is 1. The van der Waals surface area contributed by atoms with Gasteiger partial charge in [0.2, 0.25) is 11.8 Å². The van der Waals surface area contributed by atoms with Gasteiger partial charge in [0.25, 0.3) is 5.22 Å². The van der Waals surface area contributed by atoms with E-state index in [2.05, 4.69) is 15.5 Å². The van der Waals surface area contributed by atoms with Crippen LogP contribution < -0.4 is 5.32 Å². The summed E-state index contributed by atoms with van der Waals surface area (Å²) in [5.74, 6) is -0.174. The summed E-state index contributed by atoms with van der Waals surface area (Å²) in [5.41, 5.74) is 2.06. The van der Waals surface area contributed by atoms with Crippen LogP contribution in [-0.4, -0.2) is 21.9 Å². The normalized spacial score (nSPS) is 10.6. The molecule has 0 atom stereocenters. The van der Waals surface area contributed by atoms with Crippen LogP contribution in [0.3, 0.4) is 0 Å². The highest BCUT2D eigenvalue weighted by atomic mass is 32.2. The van der Waals surface area contributed by atoms with E-state index in [9.17, 15) is 9.18 Å². The zero-order chi connectivity index (χ0) is 16.9. The van der Waals surface area contributed by atoms with Gasteiger partial charge in [-0.3, -0.25) is 4.79 Å². The third kappa shape index (κ3) is 3.99. The van der Waals surface area contributed by atoms with Crippen LogP contribution in [0, 0.1) is 12.7 Å². The summed E-state index contributed by atoms with van der Waals surface area (Å²) in [6.07, 6.45) is 0. The lowest BCUT2D eigenvalue weighted by atomic mass is 10.2. The fraction of sp³-hybridized carbons (Fsp3) is 0.118. The number of aryl methyl sites for hydroxylation is 1. The number of nitrogens with one attached hydrogen (secondary N) is 1. The molecular weight excluding hydrogens is 329 g/mol. The van der Waals surface area contributed by atoms with E-state index in [0.29, 0.717) is 16.8 Å². The Balaban J connectivity index is 1.59. The number of hydrogen-bond donors (Lipinski definition) is 1. The van der Waals surface area contributed by atoms with Crippen LogP contribution in [0.1, 0.15) is 5.56 Å². The zero-order valence-electron chi connectivity index (χ0n) is 12.8. The molecule has 0 radical (unpaired) electrons. The Morgan fingerprint density at radius 3 is 2.79 bits per heavy atom. The van der Waals surface area contributed by atoms with Gasteiger partial charge >= 0.3 is 0 Å². The largest absolute Gasteiger partial charge is 0.411 e. The lowest BCUT2D eigenvalue weighted by molar-refractivity contribution is -0.113. The van der Waals surface area contributed by atoms with E-state index >= 15 is 0 Å². The second-order valence-electron chi connectivity index (χ2n) is 5.04. The molecule has 1 heterocycles. The Kier molecular flexibility index (Phi) is 4.90. The summed E-state index contributed by atoms with van der Waals surface area (Å²) in [5, 5.41) is 10.8. The lowest BCUT2D eigenvalue weighted by Crippen LogP contribution is -2.15. The molecule has 7 heteroatoms. The van der Waals surface area contributed by atoms with Crippen LogP contribution in [0.5, 0.6) is 0 Å². The first kappa shape index (κ1) is 16.2. The van der Waals surface area contributed by atoms with Crippen LogP contribution in [0.15, 0.2) is 58.2 Å². The highest BCUT2D eigenvalue weighted by Crippen LogP contribution is 2.23. The van der Waals surface area contributed by atoms with Crippen molar-refractivity contribution >= 4 is 23.4 Å². The van der Waals surface area contributed by atoms with Crippen molar-refractivity contribution < 1.29 is 13.6 Å². The van der Waals surface area contributed by atoms with Crippen LogP contribution in [0.4, 0.5) is 10.1 Å². The van der Waals surface area contributed by atoms with Gasteiger partial charge in [0.05, 0.1) is 5.75 Å². The summed E-state index contributed by atoms with van der Waals surface area (Å²) in [7, 11) is 0. The quantitative estimate of drug-likeness (QED) is 0.711. The first-order valence-electron chi connectivity index (χ1n) is 7.19. The van der Waals surface area contributed by atoms with Gasteiger partial charge in [-0.25, -0.2) is 4.39 Å². The zero-order valence-corrected chi connectivity index (χ0v) is 13.6. The summed E-state index contributed by atoms with van der Waals surface area (Å²) >= 11 is 1.13. The van der Waals surface area contributed by atoms with Crippen LogP contribution >= 0.6 is 11.8 Å². The van der Waals surface area contributed by atoms with Crippen molar-refractivity contribution in [3.63, 3.8) is 0 Å². The minimum absolute atomic E-state index is 0.0897. The van der Waals surface area contributed by atoms with E-state index in [1.54, 1.807) is 13.0 Å². The van der Waals surface area contributed by atoms with E-state index in [0.717, 1.165) is 22.9 Å². The highest BCUT2D eigenvalue weighted by molar-refractivity contribution is 7.99. The summed E-state index contributed by atoms with van der Waals surface area (Å²) < 4.78 is 18.7. The SMILES string of the molecule is Cc1ccc(F)cc1NC(=O)CSc1nnc(-c2ccccc2)o1. The predicted molar refractivity (Wildman–Crippen MR) is 90.2 cm³/mol. The molecule has 5 nitrogen and oxygen atoms in total. The molecule has 0 aliphatic rings. The molecule has 0 aliphatic heterocycles. The van der Waals surface area contributed by atoms with Crippen molar-refractivity contribution in [3.05, 3.63) is 59.9 Å². The average molecular weight is 343 g/mol. The van der Waals surface area contributed by atoms with Crippen molar-refractivity contribution in [2.45, 2.75) is 12.1 Å².